The Bertz CT molecular complexity index is 676. The number of aryl methyl sites for hydroxylation is 2. The summed E-state index contributed by atoms with van der Waals surface area (Å²) in [6.07, 6.45) is 4.14. The highest BCUT2D eigenvalue weighted by atomic mass is 35.5. The summed E-state index contributed by atoms with van der Waals surface area (Å²) in [6.45, 7) is 3.91. The second-order valence-electron chi connectivity index (χ2n) is 4.51. The summed E-state index contributed by atoms with van der Waals surface area (Å²) in [5, 5.41) is 3.99. The van der Waals surface area contributed by atoms with Crippen LogP contribution < -0.4 is 5.32 Å². The van der Waals surface area contributed by atoms with E-state index in [9.17, 15) is 4.79 Å². The summed E-state index contributed by atoms with van der Waals surface area (Å²) in [5.74, 6) is -0.245. The van der Waals surface area contributed by atoms with Gasteiger partial charge in [-0.2, -0.15) is 0 Å². The highest BCUT2D eigenvalue weighted by Crippen LogP contribution is 2.23. The van der Waals surface area contributed by atoms with Crippen molar-refractivity contribution in [3.8, 4) is 0 Å². The van der Waals surface area contributed by atoms with Gasteiger partial charge in [0.05, 0.1) is 22.0 Å². The minimum Gasteiger partial charge on any atom is -0.321 e. The Morgan fingerprint density at radius 2 is 2.19 bits per heavy atom. The number of anilines is 1. The molecule has 0 atom stereocenters. The van der Waals surface area contributed by atoms with Crippen molar-refractivity contribution in [2.75, 3.05) is 11.6 Å². The molecule has 0 saturated heterocycles. The van der Waals surface area contributed by atoms with Crippen LogP contribution in [0.2, 0.25) is 5.02 Å². The predicted molar refractivity (Wildman–Crippen MR) is 87.3 cm³/mol. The first-order chi connectivity index (χ1) is 10.0. The zero-order valence-corrected chi connectivity index (χ0v) is 13.7. The maximum absolute atomic E-state index is 12.4. The topological polar surface area (TPSA) is 54.9 Å². The zero-order valence-electron chi connectivity index (χ0n) is 12.1. The van der Waals surface area contributed by atoms with E-state index in [1.807, 2.05) is 32.2 Å². The van der Waals surface area contributed by atoms with Crippen molar-refractivity contribution in [2.45, 2.75) is 25.4 Å². The number of halogens is 1. The molecule has 110 valence electrons. The smallest absolute Gasteiger partial charge is 0.259 e. The maximum Gasteiger partial charge on any atom is 0.259 e. The lowest BCUT2D eigenvalue weighted by atomic mass is 10.1. The fraction of sp³-hybridized carbons (Fsp3) is 0.267. The van der Waals surface area contributed by atoms with Gasteiger partial charge in [-0.1, -0.05) is 36.4 Å². The van der Waals surface area contributed by atoms with Crippen LogP contribution in [-0.2, 0) is 6.42 Å². The molecule has 0 bridgehead atoms. The van der Waals surface area contributed by atoms with Crippen LogP contribution in [0.1, 0.15) is 28.5 Å². The molecule has 21 heavy (non-hydrogen) atoms. The van der Waals surface area contributed by atoms with Gasteiger partial charge < -0.3 is 5.32 Å². The molecule has 1 aromatic carbocycles. The second kappa shape index (κ2) is 6.91. The van der Waals surface area contributed by atoms with Crippen molar-refractivity contribution >= 4 is 35.0 Å². The lowest BCUT2D eigenvalue weighted by molar-refractivity contribution is 0.102. The molecule has 0 radical (unpaired) electrons. The Hall–Kier alpha value is -1.59. The van der Waals surface area contributed by atoms with Crippen LogP contribution in [0.5, 0.6) is 0 Å². The standard InChI is InChI=1S/C15H16ClN3OS/c1-4-12-10(8-17-15(19-12)21-3)14(20)18-13-6-5-9(2)7-11(13)16/h5-8H,4H2,1-3H3,(H,18,20). The van der Waals surface area contributed by atoms with Crippen molar-refractivity contribution in [1.29, 1.82) is 0 Å². The van der Waals surface area contributed by atoms with Gasteiger partial charge in [-0.15, -0.1) is 0 Å². The number of aromatic nitrogens is 2. The van der Waals surface area contributed by atoms with E-state index in [1.54, 1.807) is 12.3 Å². The highest BCUT2D eigenvalue weighted by molar-refractivity contribution is 7.98. The van der Waals surface area contributed by atoms with Crippen LogP contribution >= 0.6 is 23.4 Å². The number of hydrogen-bond donors (Lipinski definition) is 1. The first kappa shape index (κ1) is 15.8. The summed E-state index contributed by atoms with van der Waals surface area (Å²) in [4.78, 5) is 20.9. The number of nitrogens with one attached hydrogen (secondary N) is 1. The molecule has 0 aliphatic carbocycles. The van der Waals surface area contributed by atoms with Crippen LogP contribution in [0.15, 0.2) is 29.6 Å². The van der Waals surface area contributed by atoms with E-state index in [1.165, 1.54) is 11.8 Å². The van der Waals surface area contributed by atoms with Crippen molar-refractivity contribution in [3.05, 3.63) is 46.2 Å². The number of nitrogens with zero attached hydrogens (tertiary/aromatic N) is 2. The quantitative estimate of drug-likeness (QED) is 0.683. The van der Waals surface area contributed by atoms with Crippen molar-refractivity contribution in [2.24, 2.45) is 0 Å². The summed E-state index contributed by atoms with van der Waals surface area (Å²) >= 11 is 7.58. The lowest BCUT2D eigenvalue weighted by Gasteiger charge is -2.10. The fourth-order valence-electron chi connectivity index (χ4n) is 1.87. The molecule has 0 aliphatic rings. The molecule has 1 N–H and O–H groups in total. The van der Waals surface area contributed by atoms with E-state index in [-0.39, 0.29) is 5.91 Å². The van der Waals surface area contributed by atoms with Gasteiger partial charge in [0.2, 0.25) is 0 Å². The minimum atomic E-state index is -0.245. The number of amides is 1. The van der Waals surface area contributed by atoms with E-state index in [4.69, 9.17) is 11.6 Å². The largest absolute Gasteiger partial charge is 0.321 e. The maximum atomic E-state index is 12.4. The van der Waals surface area contributed by atoms with Gasteiger partial charge in [-0.3, -0.25) is 4.79 Å². The summed E-state index contributed by atoms with van der Waals surface area (Å²) in [7, 11) is 0. The molecule has 6 heteroatoms. The molecule has 0 aliphatic heterocycles. The van der Waals surface area contributed by atoms with Crippen LogP contribution in [0.25, 0.3) is 0 Å². The SMILES string of the molecule is CCc1nc(SC)ncc1C(=O)Nc1ccc(C)cc1Cl. The van der Waals surface area contributed by atoms with Gasteiger partial charge in [-0.05, 0) is 37.3 Å². The summed E-state index contributed by atoms with van der Waals surface area (Å²) in [5.41, 5.74) is 2.84. The van der Waals surface area contributed by atoms with Crippen LogP contribution in [0, 0.1) is 6.92 Å². The van der Waals surface area contributed by atoms with Gasteiger partial charge in [0.25, 0.3) is 5.91 Å². The molecule has 4 nitrogen and oxygen atoms in total. The van der Waals surface area contributed by atoms with E-state index in [2.05, 4.69) is 15.3 Å². The number of carbonyl (C=O) groups excluding carboxylic acids is 1. The first-order valence-corrected chi connectivity index (χ1v) is 8.12. The van der Waals surface area contributed by atoms with Crippen molar-refractivity contribution in [1.82, 2.24) is 9.97 Å². The van der Waals surface area contributed by atoms with Crippen LogP contribution in [0.4, 0.5) is 5.69 Å². The van der Waals surface area contributed by atoms with Crippen molar-refractivity contribution < 1.29 is 4.79 Å². The minimum absolute atomic E-state index is 0.245. The normalized spacial score (nSPS) is 10.5. The van der Waals surface area contributed by atoms with Gasteiger partial charge in [0, 0.05) is 6.20 Å². The van der Waals surface area contributed by atoms with Gasteiger partial charge >= 0.3 is 0 Å². The molecule has 0 fully saturated rings. The van der Waals surface area contributed by atoms with E-state index in [0.717, 1.165) is 11.3 Å². The average Bonchev–Trinajstić information content (AvgIpc) is 2.49. The lowest BCUT2D eigenvalue weighted by Crippen LogP contribution is -2.16. The Labute approximate surface area is 133 Å². The van der Waals surface area contributed by atoms with E-state index >= 15 is 0 Å². The van der Waals surface area contributed by atoms with Gasteiger partial charge in [0.15, 0.2) is 5.16 Å². The zero-order chi connectivity index (χ0) is 15.4. The average molecular weight is 322 g/mol. The van der Waals surface area contributed by atoms with Crippen molar-refractivity contribution in [3.63, 3.8) is 0 Å². The van der Waals surface area contributed by atoms with Gasteiger partial charge in [-0.25, -0.2) is 9.97 Å². The third kappa shape index (κ3) is 3.74. The molecular weight excluding hydrogens is 306 g/mol. The second-order valence-corrected chi connectivity index (χ2v) is 5.69. The monoisotopic (exact) mass is 321 g/mol. The number of rotatable bonds is 4. The third-order valence-corrected chi connectivity index (χ3v) is 3.86. The number of thioether (sulfide) groups is 1. The Morgan fingerprint density at radius 3 is 2.81 bits per heavy atom. The van der Waals surface area contributed by atoms with Crippen LogP contribution in [0.3, 0.4) is 0 Å². The molecule has 1 aromatic heterocycles. The fourth-order valence-corrected chi connectivity index (χ4v) is 2.51. The van der Waals surface area contributed by atoms with Crippen LogP contribution in [-0.4, -0.2) is 22.1 Å². The molecule has 2 aromatic rings. The Balaban J connectivity index is 2.28. The summed E-state index contributed by atoms with van der Waals surface area (Å²) < 4.78 is 0. The molecule has 1 amide bonds. The van der Waals surface area contributed by atoms with E-state index in [0.29, 0.717) is 27.9 Å². The highest BCUT2D eigenvalue weighted by Gasteiger charge is 2.14. The molecule has 1 heterocycles. The molecular formula is C15H16ClN3OS. The Kier molecular flexibility index (Phi) is 5.20. The van der Waals surface area contributed by atoms with Gasteiger partial charge in [0.1, 0.15) is 0 Å². The predicted octanol–water partition coefficient (Wildman–Crippen LogP) is 3.98. The number of benzene rings is 1. The Morgan fingerprint density at radius 1 is 1.43 bits per heavy atom. The first-order valence-electron chi connectivity index (χ1n) is 6.52. The third-order valence-electron chi connectivity index (χ3n) is 2.98. The summed E-state index contributed by atoms with van der Waals surface area (Å²) in [6, 6.07) is 5.50. The number of hydrogen-bond acceptors (Lipinski definition) is 4. The molecule has 2 rings (SSSR count). The molecule has 0 unspecified atom stereocenters. The molecule has 0 spiro atoms. The number of carbonyl (C=O) groups is 1. The van der Waals surface area contributed by atoms with E-state index < -0.39 is 0 Å². The molecule has 0 saturated carbocycles.